The zero-order chi connectivity index (χ0) is 10.8. The normalized spacial score (nSPS) is 19.1. The second-order valence-electron chi connectivity index (χ2n) is 4.09. The predicted octanol–water partition coefficient (Wildman–Crippen LogP) is 2.73. The van der Waals surface area contributed by atoms with Crippen LogP contribution in [0.5, 0.6) is 0 Å². The van der Waals surface area contributed by atoms with Gasteiger partial charge in [-0.2, -0.15) is 0 Å². The first-order valence-electron chi connectivity index (χ1n) is 5.25. The second-order valence-corrected chi connectivity index (χ2v) is 4.09. The van der Waals surface area contributed by atoms with Crippen LogP contribution < -0.4 is 0 Å². The molecule has 0 amide bonds. The van der Waals surface area contributed by atoms with E-state index in [1.807, 2.05) is 31.5 Å². The summed E-state index contributed by atoms with van der Waals surface area (Å²) in [5.41, 5.74) is 2.87. The topological polar surface area (TPSA) is 37.6 Å². The first kappa shape index (κ1) is 10.0. The number of fused-ring (bicyclic) bond motifs is 1. The second kappa shape index (κ2) is 3.93. The van der Waals surface area contributed by atoms with Crippen LogP contribution in [-0.2, 0) is 0 Å². The van der Waals surface area contributed by atoms with Crippen LogP contribution in [0.2, 0.25) is 0 Å². The van der Waals surface area contributed by atoms with Crippen molar-refractivity contribution in [2.45, 2.75) is 32.7 Å². The van der Waals surface area contributed by atoms with E-state index < -0.39 is 0 Å². The molecule has 0 radical (unpaired) electrons. The van der Waals surface area contributed by atoms with Gasteiger partial charge in [0.25, 0.3) is 0 Å². The summed E-state index contributed by atoms with van der Waals surface area (Å²) in [5.74, 6) is 0.438. The van der Waals surface area contributed by atoms with Gasteiger partial charge in [-0.15, -0.1) is 0 Å². The van der Waals surface area contributed by atoms with Crippen LogP contribution in [0.25, 0.3) is 0 Å². The van der Waals surface area contributed by atoms with E-state index in [1.54, 1.807) is 0 Å². The molecule has 1 aromatic rings. The highest BCUT2D eigenvalue weighted by atomic mass is 14.9. The van der Waals surface area contributed by atoms with E-state index >= 15 is 0 Å². The van der Waals surface area contributed by atoms with Crippen molar-refractivity contribution in [2.75, 3.05) is 0 Å². The fourth-order valence-corrected chi connectivity index (χ4v) is 1.42. The lowest BCUT2D eigenvalue weighted by molar-refractivity contribution is 0.821. The highest BCUT2D eigenvalue weighted by Gasteiger charge is 2.08. The summed E-state index contributed by atoms with van der Waals surface area (Å²) in [5, 5.41) is 0. The third kappa shape index (κ3) is 2.12. The molecule has 0 N–H and O–H groups in total. The summed E-state index contributed by atoms with van der Waals surface area (Å²) in [4.78, 5) is 13.2. The molecule has 2 rings (SSSR count). The lowest BCUT2D eigenvalue weighted by Gasteiger charge is -2.06. The van der Waals surface area contributed by atoms with Gasteiger partial charge < -0.3 is 0 Å². The van der Waals surface area contributed by atoms with E-state index in [1.165, 1.54) is 0 Å². The standard InChI is InChI=1S/C12H15N3/c1-8(2)10-4-5-11-12(15-10)7-13-9(3)6-14-11/h4-9H,1-3H3. The first-order valence-corrected chi connectivity index (χ1v) is 5.25. The van der Waals surface area contributed by atoms with Crippen LogP contribution in [0, 0.1) is 0 Å². The highest BCUT2D eigenvalue weighted by molar-refractivity contribution is 5.89. The summed E-state index contributed by atoms with van der Waals surface area (Å²) in [6.07, 6.45) is 3.66. The zero-order valence-electron chi connectivity index (χ0n) is 9.31. The Morgan fingerprint density at radius 1 is 1.27 bits per heavy atom. The molecule has 2 heterocycles. The fourth-order valence-electron chi connectivity index (χ4n) is 1.42. The maximum Gasteiger partial charge on any atom is 0.107 e. The van der Waals surface area contributed by atoms with E-state index in [9.17, 15) is 0 Å². The molecule has 0 aromatic carbocycles. The molecule has 0 fully saturated rings. The average molecular weight is 201 g/mol. The minimum atomic E-state index is 0.140. The number of pyridine rings is 1. The smallest absolute Gasteiger partial charge is 0.107 e. The van der Waals surface area contributed by atoms with E-state index in [2.05, 4.69) is 28.8 Å². The number of aromatic nitrogens is 1. The lowest BCUT2D eigenvalue weighted by Crippen LogP contribution is -1.98. The highest BCUT2D eigenvalue weighted by Crippen LogP contribution is 2.21. The van der Waals surface area contributed by atoms with E-state index in [-0.39, 0.29) is 6.04 Å². The van der Waals surface area contributed by atoms with Crippen molar-refractivity contribution in [2.24, 2.45) is 9.98 Å². The molecule has 0 spiro atoms. The average Bonchev–Trinajstić information content (AvgIpc) is 2.40. The number of hydrogen-bond acceptors (Lipinski definition) is 3. The van der Waals surface area contributed by atoms with Gasteiger partial charge in [-0.05, 0) is 25.0 Å². The fraction of sp³-hybridized carbons (Fsp3) is 0.417. The van der Waals surface area contributed by atoms with Crippen LogP contribution in [0.1, 0.15) is 38.1 Å². The lowest BCUT2D eigenvalue weighted by atomic mass is 10.1. The number of rotatable bonds is 1. The van der Waals surface area contributed by atoms with Gasteiger partial charge in [0.15, 0.2) is 0 Å². The van der Waals surface area contributed by atoms with Crippen LogP contribution in [0.15, 0.2) is 22.1 Å². The van der Waals surface area contributed by atoms with Crippen LogP contribution in [0.4, 0.5) is 5.69 Å². The Bertz CT molecular complexity index is 419. The van der Waals surface area contributed by atoms with E-state index in [0.29, 0.717) is 5.92 Å². The summed E-state index contributed by atoms with van der Waals surface area (Å²) in [6, 6.07) is 4.18. The van der Waals surface area contributed by atoms with E-state index in [4.69, 9.17) is 0 Å². The number of hydrogen-bond donors (Lipinski definition) is 0. The first-order chi connectivity index (χ1) is 7.16. The molecule has 78 valence electrons. The van der Waals surface area contributed by atoms with Gasteiger partial charge in [0.05, 0.1) is 11.7 Å². The van der Waals surface area contributed by atoms with Crippen molar-refractivity contribution in [3.8, 4) is 0 Å². The Kier molecular flexibility index (Phi) is 2.62. The van der Waals surface area contributed by atoms with Gasteiger partial charge in [0.1, 0.15) is 5.69 Å². The molecule has 1 aliphatic rings. The van der Waals surface area contributed by atoms with Gasteiger partial charge in [0.2, 0.25) is 0 Å². The Balaban J connectivity index is 2.46. The summed E-state index contributed by atoms with van der Waals surface area (Å²) >= 11 is 0. The SMILES string of the molecule is CC1C=Nc2ccc(C(C)C)nc2C=N1. The molecule has 0 aliphatic carbocycles. The number of nitrogens with zero attached hydrogens (tertiary/aromatic N) is 3. The van der Waals surface area contributed by atoms with Crippen molar-refractivity contribution < 1.29 is 0 Å². The summed E-state index contributed by atoms with van der Waals surface area (Å²) in [6.45, 7) is 6.28. The Hall–Kier alpha value is -1.51. The van der Waals surface area contributed by atoms with Crippen LogP contribution >= 0.6 is 0 Å². The molecule has 3 nitrogen and oxygen atoms in total. The molecule has 1 unspecified atom stereocenters. The zero-order valence-corrected chi connectivity index (χ0v) is 9.31. The summed E-state index contributed by atoms with van der Waals surface area (Å²) in [7, 11) is 0. The number of aliphatic imine (C=N–C) groups is 2. The van der Waals surface area contributed by atoms with Crippen molar-refractivity contribution in [3.05, 3.63) is 23.5 Å². The molecule has 3 heteroatoms. The van der Waals surface area contributed by atoms with Crippen molar-refractivity contribution >= 4 is 18.1 Å². The molecule has 1 atom stereocenters. The van der Waals surface area contributed by atoms with Gasteiger partial charge in [-0.1, -0.05) is 13.8 Å². The molecule has 15 heavy (non-hydrogen) atoms. The van der Waals surface area contributed by atoms with Gasteiger partial charge in [0, 0.05) is 18.1 Å². The van der Waals surface area contributed by atoms with E-state index in [0.717, 1.165) is 17.1 Å². The minimum Gasteiger partial charge on any atom is -0.282 e. The molecule has 0 saturated heterocycles. The molecule has 0 bridgehead atoms. The third-order valence-corrected chi connectivity index (χ3v) is 2.38. The molecule has 1 aliphatic heterocycles. The molecule has 1 aromatic heterocycles. The Morgan fingerprint density at radius 3 is 2.80 bits per heavy atom. The monoisotopic (exact) mass is 201 g/mol. The van der Waals surface area contributed by atoms with Crippen LogP contribution in [-0.4, -0.2) is 23.5 Å². The van der Waals surface area contributed by atoms with Gasteiger partial charge in [-0.25, -0.2) is 4.98 Å². The minimum absolute atomic E-state index is 0.140. The molecular formula is C12H15N3. The van der Waals surface area contributed by atoms with Crippen molar-refractivity contribution in [3.63, 3.8) is 0 Å². The van der Waals surface area contributed by atoms with Gasteiger partial charge in [-0.3, -0.25) is 9.98 Å². The third-order valence-electron chi connectivity index (χ3n) is 2.38. The largest absolute Gasteiger partial charge is 0.282 e. The maximum absolute atomic E-state index is 4.54. The molecular weight excluding hydrogens is 186 g/mol. The van der Waals surface area contributed by atoms with Crippen molar-refractivity contribution in [1.29, 1.82) is 0 Å². The molecule has 0 saturated carbocycles. The van der Waals surface area contributed by atoms with Crippen molar-refractivity contribution in [1.82, 2.24) is 4.98 Å². The Morgan fingerprint density at radius 2 is 2.07 bits per heavy atom. The maximum atomic E-state index is 4.54. The predicted molar refractivity (Wildman–Crippen MR) is 63.5 cm³/mol. The van der Waals surface area contributed by atoms with Gasteiger partial charge >= 0.3 is 0 Å². The Labute approximate surface area is 90.0 Å². The summed E-state index contributed by atoms with van der Waals surface area (Å²) < 4.78 is 0. The quantitative estimate of drug-likeness (QED) is 0.688. The van der Waals surface area contributed by atoms with Crippen LogP contribution in [0.3, 0.4) is 0 Å².